The lowest BCUT2D eigenvalue weighted by molar-refractivity contribution is -0.134. The molecular formula is C13H20N2O4. The van der Waals surface area contributed by atoms with E-state index in [4.69, 9.17) is 9.47 Å². The van der Waals surface area contributed by atoms with Gasteiger partial charge >= 0.3 is 6.03 Å². The highest BCUT2D eigenvalue weighted by atomic mass is 16.6. The highest BCUT2D eigenvalue weighted by Crippen LogP contribution is 2.41. The molecule has 19 heavy (non-hydrogen) atoms. The first kappa shape index (κ1) is 12.9. The summed E-state index contributed by atoms with van der Waals surface area (Å²) < 4.78 is 10.6. The lowest BCUT2D eigenvalue weighted by Gasteiger charge is -2.33. The summed E-state index contributed by atoms with van der Waals surface area (Å²) in [5.74, 6) is -0.0761. The van der Waals surface area contributed by atoms with Crippen LogP contribution in [-0.4, -0.2) is 65.8 Å². The summed E-state index contributed by atoms with van der Waals surface area (Å²) in [4.78, 5) is 28.1. The summed E-state index contributed by atoms with van der Waals surface area (Å²) in [7, 11) is 0. The Morgan fingerprint density at radius 3 is 2.00 bits per heavy atom. The summed E-state index contributed by atoms with van der Waals surface area (Å²) in [6.45, 7) is 6.10. The van der Waals surface area contributed by atoms with Crippen LogP contribution in [0.3, 0.4) is 0 Å². The van der Waals surface area contributed by atoms with E-state index < -0.39 is 5.54 Å². The highest BCUT2D eigenvalue weighted by Gasteiger charge is 2.59. The van der Waals surface area contributed by atoms with Crippen LogP contribution in [-0.2, 0) is 14.3 Å². The standard InChI is InChI=1S/C13H20N2O4/c1-3-14-11(16)13(5-9-7-18-9,6-10-8-19-10)15(4-2)12(14)17/h9-10H,3-8H2,1-2H3. The van der Waals surface area contributed by atoms with Gasteiger partial charge in [0.05, 0.1) is 25.4 Å². The average Bonchev–Trinajstić information content (AvgIpc) is 3.26. The van der Waals surface area contributed by atoms with Gasteiger partial charge in [0.25, 0.3) is 5.91 Å². The van der Waals surface area contributed by atoms with Gasteiger partial charge in [-0.25, -0.2) is 4.79 Å². The molecular weight excluding hydrogens is 248 g/mol. The van der Waals surface area contributed by atoms with Gasteiger partial charge in [0.1, 0.15) is 5.54 Å². The van der Waals surface area contributed by atoms with E-state index in [0.717, 1.165) is 0 Å². The number of hydrogen-bond acceptors (Lipinski definition) is 4. The van der Waals surface area contributed by atoms with Gasteiger partial charge in [0.2, 0.25) is 0 Å². The van der Waals surface area contributed by atoms with Crippen molar-refractivity contribution in [3.8, 4) is 0 Å². The predicted molar refractivity (Wildman–Crippen MR) is 66.6 cm³/mol. The predicted octanol–water partition coefficient (Wildman–Crippen LogP) is 0.607. The third-order valence-corrected chi connectivity index (χ3v) is 4.19. The lowest BCUT2D eigenvalue weighted by atomic mass is 9.86. The maximum absolute atomic E-state index is 12.7. The van der Waals surface area contributed by atoms with Crippen molar-refractivity contribution >= 4 is 11.9 Å². The van der Waals surface area contributed by atoms with Gasteiger partial charge in [-0.15, -0.1) is 0 Å². The zero-order valence-electron chi connectivity index (χ0n) is 11.4. The Balaban J connectivity index is 1.92. The van der Waals surface area contributed by atoms with Crippen LogP contribution < -0.4 is 0 Å². The van der Waals surface area contributed by atoms with Crippen LogP contribution in [0.25, 0.3) is 0 Å². The minimum atomic E-state index is -0.746. The van der Waals surface area contributed by atoms with E-state index in [0.29, 0.717) is 39.1 Å². The average molecular weight is 268 g/mol. The maximum Gasteiger partial charge on any atom is 0.327 e. The van der Waals surface area contributed by atoms with Crippen LogP contribution in [0.4, 0.5) is 4.79 Å². The molecule has 0 aliphatic carbocycles. The zero-order chi connectivity index (χ0) is 13.6. The number of imide groups is 1. The third kappa shape index (κ3) is 2.03. The summed E-state index contributed by atoms with van der Waals surface area (Å²) in [6, 6.07) is -0.170. The molecule has 0 N–H and O–H groups in total. The van der Waals surface area contributed by atoms with Crippen LogP contribution in [0.5, 0.6) is 0 Å². The van der Waals surface area contributed by atoms with Crippen LogP contribution in [0.2, 0.25) is 0 Å². The summed E-state index contributed by atoms with van der Waals surface area (Å²) >= 11 is 0. The van der Waals surface area contributed by atoms with Crippen molar-refractivity contribution in [2.24, 2.45) is 0 Å². The van der Waals surface area contributed by atoms with Crippen LogP contribution in [0, 0.1) is 0 Å². The van der Waals surface area contributed by atoms with Crippen LogP contribution in [0.15, 0.2) is 0 Å². The van der Waals surface area contributed by atoms with Crippen molar-refractivity contribution in [2.45, 2.75) is 44.4 Å². The second-order valence-corrected chi connectivity index (χ2v) is 5.43. The molecule has 0 aromatic carbocycles. The quantitative estimate of drug-likeness (QED) is 0.523. The van der Waals surface area contributed by atoms with Gasteiger partial charge < -0.3 is 14.4 Å². The zero-order valence-corrected chi connectivity index (χ0v) is 11.4. The van der Waals surface area contributed by atoms with Crippen molar-refractivity contribution < 1.29 is 19.1 Å². The van der Waals surface area contributed by atoms with Gasteiger partial charge in [-0.1, -0.05) is 0 Å². The minimum Gasteiger partial charge on any atom is -0.373 e. The van der Waals surface area contributed by atoms with Crippen molar-refractivity contribution in [3.05, 3.63) is 0 Å². The number of likely N-dealkylation sites (N-methyl/N-ethyl adjacent to an activating group) is 2. The number of epoxide rings is 2. The van der Waals surface area contributed by atoms with Gasteiger partial charge in [-0.2, -0.15) is 0 Å². The number of hydrogen-bond donors (Lipinski definition) is 0. The van der Waals surface area contributed by atoms with E-state index in [2.05, 4.69) is 0 Å². The number of rotatable bonds is 6. The molecule has 3 aliphatic rings. The van der Waals surface area contributed by atoms with Gasteiger partial charge in [-0.05, 0) is 13.8 Å². The highest BCUT2D eigenvalue weighted by molar-refractivity contribution is 6.07. The summed E-state index contributed by atoms with van der Waals surface area (Å²) in [5.41, 5.74) is -0.746. The number of carbonyl (C=O) groups is 2. The molecule has 6 heteroatoms. The Morgan fingerprint density at radius 1 is 1.11 bits per heavy atom. The van der Waals surface area contributed by atoms with E-state index in [1.807, 2.05) is 13.8 Å². The molecule has 106 valence electrons. The Labute approximate surface area is 112 Å². The summed E-state index contributed by atoms with van der Waals surface area (Å²) in [5, 5.41) is 0. The van der Waals surface area contributed by atoms with Gasteiger partial charge in [0.15, 0.2) is 0 Å². The molecule has 3 aliphatic heterocycles. The van der Waals surface area contributed by atoms with Crippen LogP contribution in [0.1, 0.15) is 26.7 Å². The molecule has 0 saturated carbocycles. The molecule has 0 radical (unpaired) electrons. The lowest BCUT2D eigenvalue weighted by Crippen LogP contribution is -2.51. The molecule has 2 atom stereocenters. The second kappa shape index (κ2) is 4.45. The monoisotopic (exact) mass is 268 g/mol. The number of carbonyl (C=O) groups excluding carboxylic acids is 2. The first-order chi connectivity index (χ1) is 9.12. The molecule has 3 amide bonds. The topological polar surface area (TPSA) is 65.7 Å². The Hall–Kier alpha value is -1.14. The summed E-state index contributed by atoms with van der Waals surface area (Å²) in [6.07, 6.45) is 1.42. The Bertz CT molecular complexity index is 389. The first-order valence-corrected chi connectivity index (χ1v) is 6.99. The fraction of sp³-hybridized carbons (Fsp3) is 0.846. The fourth-order valence-corrected chi connectivity index (χ4v) is 3.10. The molecule has 3 rings (SSSR count). The number of urea groups is 1. The van der Waals surface area contributed by atoms with Crippen molar-refractivity contribution in [1.29, 1.82) is 0 Å². The molecule has 2 unspecified atom stereocenters. The molecule has 0 spiro atoms. The second-order valence-electron chi connectivity index (χ2n) is 5.43. The largest absolute Gasteiger partial charge is 0.373 e. The number of ether oxygens (including phenoxy) is 2. The van der Waals surface area contributed by atoms with Crippen molar-refractivity contribution in [2.75, 3.05) is 26.3 Å². The molecule has 0 aromatic rings. The first-order valence-electron chi connectivity index (χ1n) is 6.99. The van der Waals surface area contributed by atoms with Gasteiger partial charge in [-0.3, -0.25) is 9.69 Å². The van der Waals surface area contributed by atoms with Crippen molar-refractivity contribution in [1.82, 2.24) is 9.80 Å². The van der Waals surface area contributed by atoms with E-state index in [9.17, 15) is 9.59 Å². The smallest absolute Gasteiger partial charge is 0.327 e. The Kier molecular flexibility index (Phi) is 3.02. The number of nitrogens with zero attached hydrogens (tertiary/aromatic N) is 2. The van der Waals surface area contributed by atoms with Gasteiger partial charge in [0, 0.05) is 25.9 Å². The number of amides is 3. The molecule has 3 fully saturated rings. The molecule has 0 aromatic heterocycles. The Morgan fingerprint density at radius 2 is 1.63 bits per heavy atom. The van der Waals surface area contributed by atoms with E-state index in [1.54, 1.807) is 4.90 Å². The van der Waals surface area contributed by atoms with E-state index >= 15 is 0 Å². The third-order valence-electron chi connectivity index (χ3n) is 4.19. The minimum absolute atomic E-state index is 0.0761. The van der Waals surface area contributed by atoms with E-state index in [-0.39, 0.29) is 24.1 Å². The van der Waals surface area contributed by atoms with Crippen molar-refractivity contribution in [3.63, 3.8) is 0 Å². The molecule has 6 nitrogen and oxygen atoms in total. The van der Waals surface area contributed by atoms with E-state index in [1.165, 1.54) is 4.90 Å². The fourth-order valence-electron chi connectivity index (χ4n) is 3.10. The molecule has 3 heterocycles. The SMILES string of the molecule is CCN1C(=O)N(CC)C(CC2CO2)(CC2CO2)C1=O. The molecule has 0 bridgehead atoms. The van der Waals surface area contributed by atoms with Crippen LogP contribution >= 0.6 is 0 Å². The normalized spacial score (nSPS) is 37.2. The molecule has 3 saturated heterocycles. The maximum atomic E-state index is 12.7.